The largest absolute Gasteiger partial charge is 0.300 e. The van der Waals surface area contributed by atoms with Gasteiger partial charge >= 0.3 is 0 Å². The first-order valence-corrected chi connectivity index (χ1v) is 9.84. The normalized spacial score (nSPS) is 16.2. The van der Waals surface area contributed by atoms with E-state index in [4.69, 9.17) is 0 Å². The van der Waals surface area contributed by atoms with Crippen molar-refractivity contribution in [2.75, 3.05) is 0 Å². The highest BCUT2D eigenvalue weighted by molar-refractivity contribution is 5.78. The van der Waals surface area contributed by atoms with Crippen molar-refractivity contribution < 1.29 is 4.79 Å². The summed E-state index contributed by atoms with van der Waals surface area (Å²) in [5, 5.41) is 0. The van der Waals surface area contributed by atoms with Crippen LogP contribution < -0.4 is 0 Å². The number of ketones is 1. The average molecular weight is 295 g/mol. The van der Waals surface area contributed by atoms with Crippen LogP contribution in [0.5, 0.6) is 0 Å². The Labute approximate surface area is 133 Å². The number of rotatable bonds is 13. The molecule has 0 bridgehead atoms. The van der Waals surface area contributed by atoms with Crippen LogP contribution in [0.4, 0.5) is 0 Å². The third-order valence-electron chi connectivity index (χ3n) is 5.10. The molecular weight excluding hydrogens is 256 g/mol. The molecule has 21 heavy (non-hydrogen) atoms. The van der Waals surface area contributed by atoms with Crippen LogP contribution in [0, 0.1) is 5.92 Å². The molecule has 0 aromatic heterocycles. The number of carbonyl (C=O) groups is 1. The van der Waals surface area contributed by atoms with Crippen molar-refractivity contribution in [1.82, 2.24) is 0 Å². The number of carbonyl (C=O) groups excluding carboxylic acids is 1. The van der Waals surface area contributed by atoms with Crippen molar-refractivity contribution >= 4 is 5.78 Å². The van der Waals surface area contributed by atoms with Gasteiger partial charge in [-0.25, -0.2) is 0 Å². The number of Topliss-reactive ketones (excluding diaryl/α,β-unsaturated/α-hetero) is 1. The van der Waals surface area contributed by atoms with Crippen LogP contribution in [-0.2, 0) is 4.79 Å². The Morgan fingerprint density at radius 3 is 2.00 bits per heavy atom. The zero-order chi connectivity index (χ0) is 15.2. The molecule has 1 aliphatic rings. The molecular formula is C20H38O. The Kier molecular flexibility index (Phi) is 11.9. The van der Waals surface area contributed by atoms with Gasteiger partial charge < -0.3 is 0 Å². The molecule has 0 spiro atoms. The maximum atomic E-state index is 11.8. The van der Waals surface area contributed by atoms with Gasteiger partial charge in [0.1, 0.15) is 5.78 Å². The first-order valence-electron chi connectivity index (χ1n) is 9.84. The maximum absolute atomic E-state index is 11.8. The molecule has 0 saturated heterocycles. The van der Waals surface area contributed by atoms with Crippen LogP contribution in [0.25, 0.3) is 0 Å². The van der Waals surface area contributed by atoms with Crippen LogP contribution >= 0.6 is 0 Å². The molecule has 1 aliphatic carbocycles. The van der Waals surface area contributed by atoms with E-state index in [2.05, 4.69) is 6.92 Å². The summed E-state index contributed by atoms with van der Waals surface area (Å²) in [5.41, 5.74) is 0. The predicted molar refractivity (Wildman–Crippen MR) is 92.7 cm³/mol. The topological polar surface area (TPSA) is 17.1 Å². The fourth-order valence-electron chi connectivity index (χ4n) is 3.64. The quantitative estimate of drug-likeness (QED) is 0.340. The van der Waals surface area contributed by atoms with Crippen molar-refractivity contribution in [3.8, 4) is 0 Å². The Balaban J connectivity index is 1.82. The van der Waals surface area contributed by atoms with Crippen molar-refractivity contribution in [3.05, 3.63) is 0 Å². The van der Waals surface area contributed by atoms with E-state index in [1.165, 1.54) is 83.5 Å². The second kappa shape index (κ2) is 13.3. The fourth-order valence-corrected chi connectivity index (χ4v) is 3.64. The predicted octanol–water partition coefficient (Wildman–Crippen LogP) is 6.84. The summed E-state index contributed by atoms with van der Waals surface area (Å²) >= 11 is 0. The molecule has 0 unspecified atom stereocenters. The zero-order valence-corrected chi connectivity index (χ0v) is 14.5. The highest BCUT2D eigenvalue weighted by atomic mass is 16.1. The molecule has 0 heterocycles. The Morgan fingerprint density at radius 1 is 0.762 bits per heavy atom. The molecule has 0 aliphatic heterocycles. The highest BCUT2D eigenvalue weighted by Gasteiger charge is 2.12. The molecule has 1 nitrogen and oxygen atoms in total. The average Bonchev–Trinajstić information content (AvgIpc) is 2.52. The first kappa shape index (κ1) is 18.7. The van der Waals surface area contributed by atoms with Crippen molar-refractivity contribution in [1.29, 1.82) is 0 Å². The lowest BCUT2D eigenvalue weighted by atomic mass is 9.85. The van der Waals surface area contributed by atoms with Gasteiger partial charge in [0.25, 0.3) is 0 Å². The van der Waals surface area contributed by atoms with Gasteiger partial charge in [-0.3, -0.25) is 4.79 Å². The molecule has 0 amide bonds. The minimum absolute atomic E-state index is 0.521. The summed E-state index contributed by atoms with van der Waals surface area (Å²) in [6, 6.07) is 0. The number of hydrogen-bond donors (Lipinski definition) is 0. The van der Waals surface area contributed by atoms with Crippen LogP contribution in [0.3, 0.4) is 0 Å². The molecule has 1 saturated carbocycles. The van der Waals surface area contributed by atoms with Crippen LogP contribution in [0.1, 0.15) is 116 Å². The summed E-state index contributed by atoms with van der Waals surface area (Å²) in [4.78, 5) is 11.8. The van der Waals surface area contributed by atoms with E-state index in [-0.39, 0.29) is 0 Å². The van der Waals surface area contributed by atoms with Gasteiger partial charge in [0.15, 0.2) is 0 Å². The molecule has 0 radical (unpaired) electrons. The molecule has 1 rings (SSSR count). The van der Waals surface area contributed by atoms with Gasteiger partial charge in [-0.05, 0) is 18.8 Å². The van der Waals surface area contributed by atoms with Gasteiger partial charge in [0.2, 0.25) is 0 Å². The summed E-state index contributed by atoms with van der Waals surface area (Å²) in [5.74, 6) is 1.50. The lowest BCUT2D eigenvalue weighted by Gasteiger charge is -2.21. The second-order valence-corrected chi connectivity index (χ2v) is 7.16. The van der Waals surface area contributed by atoms with E-state index >= 15 is 0 Å². The first-order chi connectivity index (χ1) is 10.3. The van der Waals surface area contributed by atoms with Crippen molar-refractivity contribution in [3.63, 3.8) is 0 Å². The fraction of sp³-hybridized carbons (Fsp3) is 0.950. The molecule has 0 N–H and O–H groups in total. The lowest BCUT2D eigenvalue weighted by molar-refractivity contribution is -0.119. The maximum Gasteiger partial charge on any atom is 0.132 e. The van der Waals surface area contributed by atoms with E-state index in [0.717, 1.165) is 31.6 Å². The third kappa shape index (κ3) is 11.0. The van der Waals surface area contributed by atoms with Gasteiger partial charge in [-0.15, -0.1) is 0 Å². The Bertz CT molecular complexity index is 240. The van der Waals surface area contributed by atoms with Crippen LogP contribution in [0.2, 0.25) is 0 Å². The zero-order valence-electron chi connectivity index (χ0n) is 14.5. The van der Waals surface area contributed by atoms with Crippen LogP contribution in [-0.4, -0.2) is 5.78 Å². The number of hydrogen-bond acceptors (Lipinski definition) is 1. The monoisotopic (exact) mass is 294 g/mol. The molecule has 124 valence electrons. The minimum Gasteiger partial charge on any atom is -0.300 e. The standard InChI is InChI=1S/C20H38O/c1-2-3-4-5-6-7-11-17-20(21)18-13-12-16-19-14-9-8-10-15-19/h19H,2-18H2,1H3. The lowest BCUT2D eigenvalue weighted by Crippen LogP contribution is -2.06. The van der Waals surface area contributed by atoms with Gasteiger partial charge in [-0.1, -0.05) is 90.4 Å². The van der Waals surface area contributed by atoms with Gasteiger partial charge in [-0.2, -0.15) is 0 Å². The Morgan fingerprint density at radius 2 is 1.33 bits per heavy atom. The van der Waals surface area contributed by atoms with Crippen molar-refractivity contribution in [2.45, 2.75) is 116 Å². The molecule has 0 atom stereocenters. The molecule has 1 fully saturated rings. The summed E-state index contributed by atoms with van der Waals surface area (Å²) in [7, 11) is 0. The van der Waals surface area contributed by atoms with E-state index < -0.39 is 0 Å². The van der Waals surface area contributed by atoms with E-state index in [0.29, 0.717) is 5.78 Å². The number of unbranched alkanes of at least 4 members (excludes halogenated alkanes) is 7. The van der Waals surface area contributed by atoms with Crippen molar-refractivity contribution in [2.24, 2.45) is 5.92 Å². The smallest absolute Gasteiger partial charge is 0.132 e. The summed E-state index contributed by atoms with van der Waals surface area (Å²) < 4.78 is 0. The minimum atomic E-state index is 0.521. The van der Waals surface area contributed by atoms with Gasteiger partial charge in [0.05, 0.1) is 0 Å². The highest BCUT2D eigenvalue weighted by Crippen LogP contribution is 2.27. The SMILES string of the molecule is CCCCCCCCCC(=O)CCCCC1CCCCC1. The second-order valence-electron chi connectivity index (χ2n) is 7.16. The van der Waals surface area contributed by atoms with Crippen LogP contribution in [0.15, 0.2) is 0 Å². The van der Waals surface area contributed by atoms with E-state index in [1.807, 2.05) is 0 Å². The summed E-state index contributed by atoms with van der Waals surface area (Å²) in [6.45, 7) is 2.26. The Hall–Kier alpha value is -0.330. The summed E-state index contributed by atoms with van der Waals surface area (Å²) in [6.07, 6.45) is 21.9. The van der Waals surface area contributed by atoms with E-state index in [9.17, 15) is 4.79 Å². The van der Waals surface area contributed by atoms with E-state index in [1.54, 1.807) is 0 Å². The molecule has 1 heteroatoms. The molecule has 0 aromatic rings. The molecule has 0 aromatic carbocycles. The third-order valence-corrected chi connectivity index (χ3v) is 5.10. The van der Waals surface area contributed by atoms with Gasteiger partial charge in [0, 0.05) is 12.8 Å².